The summed E-state index contributed by atoms with van der Waals surface area (Å²) < 4.78 is 0. The number of amides is 1. The summed E-state index contributed by atoms with van der Waals surface area (Å²) >= 11 is 18.9. The summed E-state index contributed by atoms with van der Waals surface area (Å²) in [4.78, 5) is 14.1. The SMILES string of the molecule is O=C(NC1CCCCC1)C(c1ccc(Cl)c(Cl)c1)C1(c2ccc(Cl)cc2)Nc2ccccc2N1. The third kappa shape index (κ3) is 4.47. The van der Waals surface area contributed by atoms with E-state index in [0.717, 1.165) is 48.2 Å². The molecule has 7 heteroatoms. The van der Waals surface area contributed by atoms with Crippen molar-refractivity contribution in [1.82, 2.24) is 5.32 Å². The Balaban J connectivity index is 1.64. The Morgan fingerprint density at radius 2 is 1.50 bits per heavy atom. The zero-order valence-electron chi connectivity index (χ0n) is 18.6. The molecule has 1 fully saturated rings. The van der Waals surface area contributed by atoms with Crippen LogP contribution in [0.2, 0.25) is 15.1 Å². The van der Waals surface area contributed by atoms with Crippen molar-refractivity contribution in [3.8, 4) is 0 Å². The Bertz CT molecular complexity index is 1170. The number of para-hydroxylation sites is 2. The predicted molar refractivity (Wildman–Crippen MR) is 141 cm³/mol. The summed E-state index contributed by atoms with van der Waals surface area (Å²) in [6.45, 7) is 0. The number of halogens is 3. The molecule has 2 aliphatic rings. The third-order valence-electron chi connectivity index (χ3n) is 6.81. The van der Waals surface area contributed by atoms with Gasteiger partial charge in [-0.05, 0) is 60.4 Å². The van der Waals surface area contributed by atoms with Crippen LogP contribution >= 0.6 is 34.8 Å². The van der Waals surface area contributed by atoms with E-state index in [4.69, 9.17) is 34.8 Å². The van der Waals surface area contributed by atoms with Gasteiger partial charge in [0.05, 0.1) is 21.4 Å². The summed E-state index contributed by atoms with van der Waals surface area (Å²) in [5.41, 5.74) is 2.55. The highest BCUT2D eigenvalue weighted by molar-refractivity contribution is 6.42. The van der Waals surface area contributed by atoms with Crippen LogP contribution in [-0.4, -0.2) is 11.9 Å². The van der Waals surface area contributed by atoms with Gasteiger partial charge in [-0.15, -0.1) is 0 Å². The second-order valence-electron chi connectivity index (χ2n) is 9.06. The van der Waals surface area contributed by atoms with E-state index in [0.29, 0.717) is 15.1 Å². The number of carbonyl (C=O) groups excluding carboxylic acids is 1. The Hall–Kier alpha value is -2.40. The molecule has 5 rings (SSSR count). The summed E-state index contributed by atoms with van der Waals surface area (Å²) in [6, 6.07) is 21.1. The molecule has 1 saturated carbocycles. The Morgan fingerprint density at radius 1 is 0.853 bits per heavy atom. The van der Waals surface area contributed by atoms with Crippen LogP contribution in [0, 0.1) is 0 Å². The monoisotopic (exact) mass is 513 g/mol. The average Bonchev–Trinajstić information content (AvgIpc) is 3.22. The van der Waals surface area contributed by atoms with Crippen molar-refractivity contribution in [3.05, 3.63) is 92.9 Å². The first-order valence-electron chi connectivity index (χ1n) is 11.6. The van der Waals surface area contributed by atoms with Crippen LogP contribution in [-0.2, 0) is 10.5 Å². The highest BCUT2D eigenvalue weighted by Gasteiger charge is 2.49. The predicted octanol–water partition coefficient (Wildman–Crippen LogP) is 7.57. The third-order valence-corrected chi connectivity index (χ3v) is 7.81. The van der Waals surface area contributed by atoms with E-state index in [2.05, 4.69) is 16.0 Å². The molecular weight excluding hydrogens is 489 g/mol. The minimum atomic E-state index is -0.954. The number of fused-ring (bicyclic) bond motifs is 1. The molecule has 3 aromatic carbocycles. The molecule has 1 unspecified atom stereocenters. The molecule has 3 N–H and O–H groups in total. The van der Waals surface area contributed by atoms with Crippen molar-refractivity contribution in [2.75, 3.05) is 10.6 Å². The Kier molecular flexibility index (Phi) is 6.65. The summed E-state index contributed by atoms with van der Waals surface area (Å²) in [7, 11) is 0. The first kappa shape index (κ1) is 23.3. The lowest BCUT2D eigenvalue weighted by molar-refractivity contribution is -0.124. The maximum Gasteiger partial charge on any atom is 0.232 e. The standard InChI is InChI=1S/C27H26Cl3N3O/c28-19-13-11-18(12-14-19)27(32-23-8-4-5-9-24(23)33-27)25(17-10-15-21(29)22(30)16-17)26(34)31-20-6-2-1-3-7-20/h4-5,8-16,20,25,32-33H,1-3,6-7H2,(H,31,34). The molecule has 1 atom stereocenters. The fourth-order valence-electron chi connectivity index (χ4n) is 5.15. The van der Waals surface area contributed by atoms with E-state index >= 15 is 0 Å². The summed E-state index contributed by atoms with van der Waals surface area (Å²) in [6.07, 6.45) is 5.47. The van der Waals surface area contributed by atoms with Crippen molar-refractivity contribution in [2.24, 2.45) is 0 Å². The van der Waals surface area contributed by atoms with Crippen LogP contribution in [0.25, 0.3) is 0 Å². The highest BCUT2D eigenvalue weighted by Crippen LogP contribution is 2.48. The minimum absolute atomic E-state index is 0.0620. The molecule has 1 aliphatic carbocycles. The molecule has 0 spiro atoms. The number of anilines is 2. The van der Waals surface area contributed by atoms with Gasteiger partial charge in [0.2, 0.25) is 5.91 Å². The van der Waals surface area contributed by atoms with Crippen LogP contribution < -0.4 is 16.0 Å². The largest absolute Gasteiger partial charge is 0.356 e. The highest BCUT2D eigenvalue weighted by atomic mass is 35.5. The molecule has 1 aliphatic heterocycles. The number of carbonyl (C=O) groups is 1. The van der Waals surface area contributed by atoms with Gasteiger partial charge >= 0.3 is 0 Å². The maximum atomic E-state index is 14.1. The van der Waals surface area contributed by atoms with Gasteiger partial charge in [0.15, 0.2) is 5.66 Å². The van der Waals surface area contributed by atoms with Gasteiger partial charge in [-0.2, -0.15) is 0 Å². The van der Waals surface area contributed by atoms with Crippen molar-refractivity contribution >= 4 is 52.1 Å². The van der Waals surface area contributed by atoms with Gasteiger partial charge in [0.1, 0.15) is 5.92 Å². The second kappa shape index (κ2) is 9.69. The van der Waals surface area contributed by atoms with Gasteiger partial charge < -0.3 is 16.0 Å². The Labute approximate surface area is 215 Å². The lowest BCUT2D eigenvalue weighted by atomic mass is 9.80. The molecule has 1 amide bonds. The topological polar surface area (TPSA) is 53.2 Å². The van der Waals surface area contributed by atoms with Gasteiger partial charge in [0, 0.05) is 11.1 Å². The molecule has 0 bridgehead atoms. The van der Waals surface area contributed by atoms with Gasteiger partial charge in [0.25, 0.3) is 0 Å². The first-order chi connectivity index (χ1) is 16.5. The zero-order chi connectivity index (χ0) is 23.7. The molecule has 3 aromatic rings. The fourth-order valence-corrected chi connectivity index (χ4v) is 5.58. The molecule has 0 radical (unpaired) electrons. The smallest absolute Gasteiger partial charge is 0.232 e. The van der Waals surface area contributed by atoms with E-state index in [9.17, 15) is 4.79 Å². The fraction of sp³-hybridized carbons (Fsp3) is 0.296. The van der Waals surface area contributed by atoms with Crippen molar-refractivity contribution < 1.29 is 4.79 Å². The molecule has 4 nitrogen and oxygen atoms in total. The van der Waals surface area contributed by atoms with Gasteiger partial charge in [-0.3, -0.25) is 4.79 Å². The summed E-state index contributed by atoms with van der Waals surface area (Å²) in [5.74, 6) is -0.703. The van der Waals surface area contributed by atoms with E-state index in [1.807, 2.05) is 54.6 Å². The van der Waals surface area contributed by atoms with Crippen LogP contribution in [0.15, 0.2) is 66.7 Å². The maximum absolute atomic E-state index is 14.1. The molecular formula is C27H26Cl3N3O. The zero-order valence-corrected chi connectivity index (χ0v) is 20.9. The van der Waals surface area contributed by atoms with Crippen LogP contribution in [0.3, 0.4) is 0 Å². The van der Waals surface area contributed by atoms with Crippen molar-refractivity contribution in [3.63, 3.8) is 0 Å². The second-order valence-corrected chi connectivity index (χ2v) is 10.3. The summed E-state index contributed by atoms with van der Waals surface area (Å²) in [5, 5.41) is 12.1. The molecule has 0 saturated heterocycles. The minimum Gasteiger partial charge on any atom is -0.356 e. The number of rotatable bonds is 5. The Morgan fingerprint density at radius 3 is 2.12 bits per heavy atom. The number of benzene rings is 3. The lowest BCUT2D eigenvalue weighted by Gasteiger charge is -2.39. The lowest BCUT2D eigenvalue weighted by Crippen LogP contribution is -2.52. The van der Waals surface area contributed by atoms with Crippen LogP contribution in [0.5, 0.6) is 0 Å². The van der Waals surface area contributed by atoms with Crippen molar-refractivity contribution in [1.29, 1.82) is 0 Å². The van der Waals surface area contributed by atoms with E-state index in [1.165, 1.54) is 6.42 Å². The quantitative estimate of drug-likeness (QED) is 0.329. The van der Waals surface area contributed by atoms with Crippen LogP contribution in [0.4, 0.5) is 11.4 Å². The van der Waals surface area contributed by atoms with Crippen molar-refractivity contribution in [2.45, 2.75) is 49.7 Å². The number of hydrogen-bond acceptors (Lipinski definition) is 3. The number of nitrogens with one attached hydrogen (secondary N) is 3. The molecule has 0 aromatic heterocycles. The van der Waals surface area contributed by atoms with Gasteiger partial charge in [-0.1, -0.05) is 84.4 Å². The number of hydrogen-bond donors (Lipinski definition) is 3. The first-order valence-corrected chi connectivity index (χ1v) is 12.8. The molecule has 1 heterocycles. The van der Waals surface area contributed by atoms with E-state index < -0.39 is 11.6 Å². The van der Waals surface area contributed by atoms with E-state index in [1.54, 1.807) is 12.1 Å². The molecule has 34 heavy (non-hydrogen) atoms. The molecule has 176 valence electrons. The van der Waals surface area contributed by atoms with Crippen LogP contribution in [0.1, 0.15) is 49.1 Å². The van der Waals surface area contributed by atoms with Gasteiger partial charge in [-0.25, -0.2) is 0 Å². The average molecular weight is 515 g/mol. The normalized spacial score (nSPS) is 17.9. The van der Waals surface area contributed by atoms with E-state index in [-0.39, 0.29) is 11.9 Å².